The topological polar surface area (TPSA) is 27.6 Å². The molecule has 0 spiro atoms. The SMILES string of the molecule is CCN1CCC2=NNC(c3ccccc3Br)C2C1. The van der Waals surface area contributed by atoms with Gasteiger partial charge in [-0.25, -0.2) is 0 Å². The molecule has 2 heterocycles. The number of piperidine rings is 1. The molecule has 4 heteroatoms. The molecular formula is C14H18BrN3. The summed E-state index contributed by atoms with van der Waals surface area (Å²) < 4.78 is 1.17. The molecule has 0 aromatic heterocycles. The van der Waals surface area contributed by atoms with E-state index in [1.807, 2.05) is 0 Å². The highest BCUT2D eigenvalue weighted by Gasteiger charge is 2.37. The molecule has 1 fully saturated rings. The smallest absolute Gasteiger partial charge is 0.0793 e. The molecule has 2 aliphatic rings. The van der Waals surface area contributed by atoms with Crippen molar-refractivity contribution in [1.29, 1.82) is 0 Å². The van der Waals surface area contributed by atoms with Crippen molar-refractivity contribution < 1.29 is 0 Å². The van der Waals surface area contributed by atoms with Gasteiger partial charge in [0.2, 0.25) is 0 Å². The van der Waals surface area contributed by atoms with Gasteiger partial charge in [-0.1, -0.05) is 41.1 Å². The van der Waals surface area contributed by atoms with E-state index in [1.165, 1.54) is 15.7 Å². The maximum atomic E-state index is 4.54. The minimum atomic E-state index is 0.324. The van der Waals surface area contributed by atoms with Gasteiger partial charge in [0.15, 0.2) is 0 Å². The highest BCUT2D eigenvalue weighted by atomic mass is 79.9. The first-order chi connectivity index (χ1) is 8.79. The van der Waals surface area contributed by atoms with Crippen LogP contribution in [0.4, 0.5) is 0 Å². The van der Waals surface area contributed by atoms with Crippen molar-refractivity contribution in [3.63, 3.8) is 0 Å². The average molecular weight is 308 g/mol. The molecule has 0 aliphatic carbocycles. The first-order valence-electron chi connectivity index (χ1n) is 6.58. The number of hydrazone groups is 1. The van der Waals surface area contributed by atoms with Crippen LogP contribution in [0.2, 0.25) is 0 Å². The van der Waals surface area contributed by atoms with Gasteiger partial charge in [-0.15, -0.1) is 0 Å². The van der Waals surface area contributed by atoms with Gasteiger partial charge < -0.3 is 10.3 Å². The van der Waals surface area contributed by atoms with Crippen molar-refractivity contribution in [1.82, 2.24) is 10.3 Å². The molecule has 1 saturated heterocycles. The van der Waals surface area contributed by atoms with E-state index < -0.39 is 0 Å². The summed E-state index contributed by atoms with van der Waals surface area (Å²) in [7, 11) is 0. The van der Waals surface area contributed by atoms with Crippen molar-refractivity contribution in [2.45, 2.75) is 19.4 Å². The summed E-state index contributed by atoms with van der Waals surface area (Å²) in [6.07, 6.45) is 1.10. The molecule has 3 rings (SSSR count). The van der Waals surface area contributed by atoms with Crippen LogP contribution >= 0.6 is 15.9 Å². The Labute approximate surface area is 116 Å². The van der Waals surface area contributed by atoms with Gasteiger partial charge in [-0.3, -0.25) is 0 Å². The Kier molecular flexibility index (Phi) is 3.39. The van der Waals surface area contributed by atoms with E-state index in [-0.39, 0.29) is 0 Å². The minimum absolute atomic E-state index is 0.324. The van der Waals surface area contributed by atoms with E-state index in [0.29, 0.717) is 12.0 Å². The summed E-state index contributed by atoms with van der Waals surface area (Å²) in [5.41, 5.74) is 6.00. The zero-order valence-corrected chi connectivity index (χ0v) is 12.2. The Hall–Kier alpha value is -0.870. The number of hydrogen-bond donors (Lipinski definition) is 1. The summed E-state index contributed by atoms with van der Waals surface area (Å²) in [6.45, 7) is 5.63. The fraction of sp³-hybridized carbons (Fsp3) is 0.500. The molecule has 0 saturated carbocycles. The normalized spacial score (nSPS) is 27.6. The van der Waals surface area contributed by atoms with Crippen LogP contribution in [-0.4, -0.2) is 30.2 Å². The molecule has 1 aromatic rings. The van der Waals surface area contributed by atoms with E-state index in [9.17, 15) is 0 Å². The predicted octanol–water partition coefficient (Wildman–Crippen LogP) is 2.79. The van der Waals surface area contributed by atoms with Crippen LogP contribution in [-0.2, 0) is 0 Å². The average Bonchev–Trinajstić information content (AvgIpc) is 2.82. The highest BCUT2D eigenvalue weighted by molar-refractivity contribution is 9.10. The second-order valence-corrected chi connectivity index (χ2v) is 5.84. The zero-order valence-electron chi connectivity index (χ0n) is 10.6. The minimum Gasteiger partial charge on any atom is -0.302 e. The number of benzene rings is 1. The fourth-order valence-electron chi connectivity index (χ4n) is 2.91. The summed E-state index contributed by atoms with van der Waals surface area (Å²) in [5, 5.41) is 4.54. The molecule has 18 heavy (non-hydrogen) atoms. The van der Waals surface area contributed by atoms with Crippen molar-refractivity contribution in [3.8, 4) is 0 Å². The number of rotatable bonds is 2. The van der Waals surface area contributed by atoms with Gasteiger partial charge in [0.05, 0.1) is 6.04 Å². The number of halogens is 1. The van der Waals surface area contributed by atoms with Gasteiger partial charge in [0, 0.05) is 35.6 Å². The van der Waals surface area contributed by atoms with Gasteiger partial charge in [-0.2, -0.15) is 5.10 Å². The van der Waals surface area contributed by atoms with E-state index in [4.69, 9.17) is 0 Å². The van der Waals surface area contributed by atoms with Crippen LogP contribution in [0, 0.1) is 5.92 Å². The van der Waals surface area contributed by atoms with E-state index >= 15 is 0 Å². The van der Waals surface area contributed by atoms with E-state index in [1.54, 1.807) is 0 Å². The second kappa shape index (κ2) is 5.02. The molecule has 2 unspecified atom stereocenters. The fourth-order valence-corrected chi connectivity index (χ4v) is 3.44. The van der Waals surface area contributed by atoms with Gasteiger partial charge in [-0.05, 0) is 18.2 Å². The van der Waals surface area contributed by atoms with E-state index in [2.05, 4.69) is 62.5 Å². The number of nitrogens with one attached hydrogen (secondary N) is 1. The van der Waals surface area contributed by atoms with Gasteiger partial charge >= 0.3 is 0 Å². The standard InChI is InChI=1S/C14H18BrN3/c1-2-18-8-7-13-11(9-18)14(17-16-13)10-5-3-4-6-12(10)15/h3-6,11,14,17H,2,7-9H2,1H3. The summed E-state index contributed by atoms with van der Waals surface area (Å²) in [6, 6.07) is 8.77. The lowest BCUT2D eigenvalue weighted by molar-refractivity contribution is 0.238. The lowest BCUT2D eigenvalue weighted by Crippen LogP contribution is -2.41. The van der Waals surface area contributed by atoms with Crippen molar-refractivity contribution in [2.24, 2.45) is 11.0 Å². The molecule has 2 aliphatic heterocycles. The third-order valence-electron chi connectivity index (χ3n) is 4.00. The molecule has 1 aromatic carbocycles. The molecule has 3 nitrogen and oxygen atoms in total. The van der Waals surface area contributed by atoms with Crippen LogP contribution in [0.25, 0.3) is 0 Å². The molecule has 2 atom stereocenters. The molecule has 0 radical (unpaired) electrons. The van der Waals surface area contributed by atoms with Gasteiger partial charge in [0.1, 0.15) is 0 Å². The molecular weight excluding hydrogens is 290 g/mol. The lowest BCUT2D eigenvalue weighted by Gasteiger charge is -2.33. The summed E-state index contributed by atoms with van der Waals surface area (Å²) in [4.78, 5) is 2.51. The van der Waals surface area contributed by atoms with E-state index in [0.717, 1.165) is 26.1 Å². The lowest BCUT2D eigenvalue weighted by atomic mass is 9.86. The Morgan fingerprint density at radius 2 is 2.28 bits per heavy atom. The van der Waals surface area contributed by atoms with Gasteiger partial charge in [0.25, 0.3) is 0 Å². The third kappa shape index (κ3) is 2.08. The molecule has 0 bridgehead atoms. The molecule has 1 N–H and O–H groups in total. The number of fused-ring (bicyclic) bond motifs is 1. The van der Waals surface area contributed by atoms with Crippen molar-refractivity contribution in [3.05, 3.63) is 34.3 Å². The maximum absolute atomic E-state index is 4.54. The quantitative estimate of drug-likeness (QED) is 0.910. The third-order valence-corrected chi connectivity index (χ3v) is 4.73. The zero-order chi connectivity index (χ0) is 12.5. The van der Waals surface area contributed by atoms with Crippen LogP contribution < -0.4 is 5.43 Å². The van der Waals surface area contributed by atoms with Crippen LogP contribution in [0.15, 0.2) is 33.8 Å². The Morgan fingerprint density at radius 1 is 1.44 bits per heavy atom. The Balaban J connectivity index is 1.85. The summed E-state index contributed by atoms with van der Waals surface area (Å²) >= 11 is 3.65. The van der Waals surface area contributed by atoms with Crippen molar-refractivity contribution >= 4 is 21.6 Å². The predicted molar refractivity (Wildman–Crippen MR) is 77.7 cm³/mol. The van der Waals surface area contributed by atoms with Crippen LogP contribution in [0.5, 0.6) is 0 Å². The van der Waals surface area contributed by atoms with Crippen molar-refractivity contribution in [2.75, 3.05) is 19.6 Å². The van der Waals surface area contributed by atoms with Crippen LogP contribution in [0.3, 0.4) is 0 Å². The number of nitrogens with zero attached hydrogens (tertiary/aromatic N) is 2. The highest BCUT2D eigenvalue weighted by Crippen LogP contribution is 2.35. The van der Waals surface area contributed by atoms with Crippen LogP contribution in [0.1, 0.15) is 24.9 Å². The maximum Gasteiger partial charge on any atom is 0.0793 e. The summed E-state index contributed by atoms with van der Waals surface area (Å²) in [5.74, 6) is 0.525. The molecule has 0 amide bonds. The first-order valence-corrected chi connectivity index (χ1v) is 7.37. The largest absolute Gasteiger partial charge is 0.302 e. The number of hydrogen-bond acceptors (Lipinski definition) is 3. The molecule has 96 valence electrons. The second-order valence-electron chi connectivity index (χ2n) is 4.98. The first kappa shape index (κ1) is 12.2. The Morgan fingerprint density at radius 3 is 3.06 bits per heavy atom. The monoisotopic (exact) mass is 307 g/mol. The Bertz CT molecular complexity index is 472. The number of likely N-dealkylation sites (tertiary alicyclic amines) is 1.